The van der Waals surface area contributed by atoms with Crippen LogP contribution < -0.4 is 10.2 Å². The minimum Gasteiger partial charge on any atom is -0.442 e. The number of pyridine rings is 1. The highest BCUT2D eigenvalue weighted by Crippen LogP contribution is 2.40. The Morgan fingerprint density at radius 2 is 2.10 bits per heavy atom. The van der Waals surface area contributed by atoms with E-state index in [9.17, 15) is 14.7 Å². The number of hydrogen-bond donors (Lipinski definition) is 2. The molecule has 1 saturated heterocycles. The van der Waals surface area contributed by atoms with E-state index in [0.717, 1.165) is 33.8 Å². The third-order valence-corrected chi connectivity index (χ3v) is 5.86. The fraction of sp³-hybridized carbons (Fsp3) is 0.364. The predicted molar refractivity (Wildman–Crippen MR) is 112 cm³/mol. The zero-order valence-corrected chi connectivity index (χ0v) is 16.9. The van der Waals surface area contributed by atoms with E-state index in [1.165, 1.54) is 6.92 Å². The van der Waals surface area contributed by atoms with Crippen molar-refractivity contribution in [3.63, 3.8) is 0 Å². The van der Waals surface area contributed by atoms with Gasteiger partial charge in [0.2, 0.25) is 5.91 Å². The molecular formula is C22H22N4O5. The SMILES string of the molecule is CC(=O)NC[C@@H]1OC(=O)N2c3ccc(-c4ccc(C5=NOC(CO)C5)nc4)cc3CC12. The third kappa shape index (κ3) is 3.50. The summed E-state index contributed by atoms with van der Waals surface area (Å²) < 4.78 is 5.45. The molecule has 31 heavy (non-hydrogen) atoms. The van der Waals surface area contributed by atoms with E-state index < -0.39 is 0 Å². The largest absolute Gasteiger partial charge is 0.442 e. The first-order valence-electron chi connectivity index (χ1n) is 10.2. The Labute approximate surface area is 178 Å². The molecule has 160 valence electrons. The fourth-order valence-electron chi connectivity index (χ4n) is 4.29. The maximum atomic E-state index is 12.4. The molecule has 2 aromatic rings. The number of aliphatic hydroxyl groups excluding tert-OH is 1. The van der Waals surface area contributed by atoms with Crippen LogP contribution >= 0.6 is 0 Å². The summed E-state index contributed by atoms with van der Waals surface area (Å²) >= 11 is 0. The van der Waals surface area contributed by atoms with E-state index in [1.54, 1.807) is 11.1 Å². The van der Waals surface area contributed by atoms with Crippen molar-refractivity contribution >= 4 is 23.4 Å². The van der Waals surface area contributed by atoms with Crippen LogP contribution in [0.2, 0.25) is 0 Å². The van der Waals surface area contributed by atoms with E-state index in [2.05, 4.69) is 21.5 Å². The number of hydrogen-bond acceptors (Lipinski definition) is 7. The Morgan fingerprint density at radius 1 is 1.26 bits per heavy atom. The summed E-state index contributed by atoms with van der Waals surface area (Å²) in [6.07, 6.45) is 1.94. The number of fused-ring (bicyclic) bond motifs is 3. The van der Waals surface area contributed by atoms with Crippen LogP contribution in [0.25, 0.3) is 11.1 Å². The number of nitrogens with zero attached hydrogens (tertiary/aromatic N) is 3. The van der Waals surface area contributed by atoms with E-state index in [-0.39, 0.29) is 36.9 Å². The third-order valence-electron chi connectivity index (χ3n) is 5.86. The standard InChI is InChI=1S/C22H22N4O5/c1-12(28)23-10-21-20-7-15-6-13(3-5-19(15)26(20)22(29)30-21)14-2-4-17(24-9-14)18-8-16(11-27)31-25-18/h2-6,9,16,20-21,27H,7-8,10-11H2,1H3,(H,23,28)/t16?,20?,21-/m0/s1. The Hall–Kier alpha value is -3.46. The lowest BCUT2D eigenvalue weighted by molar-refractivity contribution is -0.119. The summed E-state index contributed by atoms with van der Waals surface area (Å²) in [5, 5.41) is 15.9. The minimum atomic E-state index is -0.376. The summed E-state index contributed by atoms with van der Waals surface area (Å²) in [5.41, 5.74) is 5.32. The molecule has 0 aliphatic carbocycles. The van der Waals surface area contributed by atoms with Crippen molar-refractivity contribution in [2.75, 3.05) is 18.1 Å². The molecule has 4 heterocycles. The van der Waals surface area contributed by atoms with Crippen molar-refractivity contribution in [2.24, 2.45) is 5.16 Å². The van der Waals surface area contributed by atoms with Crippen LogP contribution in [0.4, 0.5) is 10.5 Å². The molecule has 3 atom stereocenters. The van der Waals surface area contributed by atoms with Gasteiger partial charge in [0.15, 0.2) is 6.10 Å². The highest BCUT2D eigenvalue weighted by molar-refractivity contribution is 6.00. The van der Waals surface area contributed by atoms with Crippen LogP contribution in [0, 0.1) is 0 Å². The van der Waals surface area contributed by atoms with Gasteiger partial charge in [-0.05, 0) is 35.7 Å². The molecule has 0 radical (unpaired) electrons. The van der Waals surface area contributed by atoms with E-state index in [4.69, 9.17) is 9.57 Å². The van der Waals surface area contributed by atoms with Gasteiger partial charge in [-0.15, -0.1) is 0 Å². The molecule has 3 aliphatic rings. The lowest BCUT2D eigenvalue weighted by Gasteiger charge is -2.16. The number of cyclic esters (lactones) is 1. The van der Waals surface area contributed by atoms with Gasteiger partial charge in [0, 0.05) is 25.1 Å². The number of amides is 2. The highest BCUT2D eigenvalue weighted by atomic mass is 16.6. The summed E-state index contributed by atoms with van der Waals surface area (Å²) in [6, 6.07) is 9.72. The molecule has 3 aliphatic heterocycles. The van der Waals surface area contributed by atoms with Crippen molar-refractivity contribution in [1.29, 1.82) is 0 Å². The van der Waals surface area contributed by atoms with Crippen LogP contribution in [0.1, 0.15) is 24.6 Å². The molecule has 0 saturated carbocycles. The molecule has 0 spiro atoms. The van der Waals surface area contributed by atoms with Crippen LogP contribution in [-0.2, 0) is 20.8 Å². The van der Waals surface area contributed by atoms with Gasteiger partial charge in [-0.1, -0.05) is 17.3 Å². The van der Waals surface area contributed by atoms with Gasteiger partial charge in [-0.3, -0.25) is 14.7 Å². The number of oxime groups is 1. The number of aliphatic hydroxyl groups is 1. The van der Waals surface area contributed by atoms with Gasteiger partial charge in [0.05, 0.1) is 30.6 Å². The minimum absolute atomic E-state index is 0.0720. The quantitative estimate of drug-likeness (QED) is 0.757. The first-order valence-corrected chi connectivity index (χ1v) is 10.2. The predicted octanol–water partition coefficient (Wildman–Crippen LogP) is 1.62. The molecule has 0 bridgehead atoms. The normalized spacial score (nSPS) is 23.7. The zero-order valence-electron chi connectivity index (χ0n) is 16.9. The number of carbonyl (C=O) groups excluding carboxylic acids is 2. The molecule has 2 unspecified atom stereocenters. The van der Waals surface area contributed by atoms with Gasteiger partial charge in [0.1, 0.15) is 11.8 Å². The van der Waals surface area contributed by atoms with Crippen molar-refractivity contribution in [3.8, 4) is 11.1 Å². The van der Waals surface area contributed by atoms with Crippen LogP contribution in [0.5, 0.6) is 0 Å². The molecule has 2 amide bonds. The van der Waals surface area contributed by atoms with Gasteiger partial charge >= 0.3 is 6.09 Å². The molecular weight excluding hydrogens is 400 g/mol. The van der Waals surface area contributed by atoms with Crippen LogP contribution in [0.3, 0.4) is 0 Å². The summed E-state index contributed by atoms with van der Waals surface area (Å²) in [6.45, 7) is 1.68. The lowest BCUT2D eigenvalue weighted by atomic mass is 10.00. The Kier molecular flexibility index (Phi) is 4.82. The van der Waals surface area contributed by atoms with Crippen molar-refractivity contribution < 1.29 is 24.3 Å². The van der Waals surface area contributed by atoms with Crippen LogP contribution in [0.15, 0.2) is 41.7 Å². The maximum Gasteiger partial charge on any atom is 0.415 e. The summed E-state index contributed by atoms with van der Waals surface area (Å²) in [5.74, 6) is -0.148. The maximum absolute atomic E-state index is 12.4. The number of ether oxygens (including phenoxy) is 1. The number of aromatic nitrogens is 1. The number of nitrogens with one attached hydrogen (secondary N) is 1. The van der Waals surface area contributed by atoms with Gasteiger partial charge < -0.3 is 20.0 Å². The van der Waals surface area contributed by atoms with Crippen molar-refractivity contribution in [3.05, 3.63) is 47.8 Å². The lowest BCUT2D eigenvalue weighted by Crippen LogP contribution is -2.40. The van der Waals surface area contributed by atoms with Gasteiger partial charge in [0.25, 0.3) is 0 Å². The molecule has 2 N–H and O–H groups in total. The average molecular weight is 422 g/mol. The Morgan fingerprint density at radius 3 is 2.81 bits per heavy atom. The van der Waals surface area contributed by atoms with E-state index >= 15 is 0 Å². The van der Waals surface area contributed by atoms with E-state index in [0.29, 0.717) is 19.4 Å². The number of rotatable bonds is 5. The molecule has 5 rings (SSSR count). The smallest absolute Gasteiger partial charge is 0.415 e. The van der Waals surface area contributed by atoms with E-state index in [1.807, 2.05) is 24.3 Å². The topological polar surface area (TPSA) is 113 Å². The van der Waals surface area contributed by atoms with Crippen molar-refractivity contribution in [2.45, 2.75) is 38.0 Å². The van der Waals surface area contributed by atoms with Crippen LogP contribution in [-0.4, -0.2) is 59.2 Å². The zero-order chi connectivity index (χ0) is 21.5. The van der Waals surface area contributed by atoms with Gasteiger partial charge in [-0.25, -0.2) is 4.79 Å². The van der Waals surface area contributed by atoms with Gasteiger partial charge in [-0.2, -0.15) is 0 Å². The first-order chi connectivity index (χ1) is 15.0. The highest BCUT2D eigenvalue weighted by Gasteiger charge is 2.47. The Bertz CT molecular complexity index is 1070. The second kappa shape index (κ2) is 7.66. The summed E-state index contributed by atoms with van der Waals surface area (Å²) in [7, 11) is 0. The molecule has 1 fully saturated rings. The number of benzene rings is 1. The number of anilines is 1. The molecule has 1 aromatic carbocycles. The second-order valence-electron chi connectivity index (χ2n) is 7.93. The molecule has 9 nitrogen and oxygen atoms in total. The molecule has 9 heteroatoms. The second-order valence-corrected chi connectivity index (χ2v) is 7.93. The Balaban J connectivity index is 1.34. The van der Waals surface area contributed by atoms with Crippen molar-refractivity contribution in [1.82, 2.24) is 10.3 Å². The number of carbonyl (C=O) groups is 2. The molecule has 1 aromatic heterocycles. The fourth-order valence-corrected chi connectivity index (χ4v) is 4.29. The average Bonchev–Trinajstić information content (AvgIpc) is 3.47. The monoisotopic (exact) mass is 422 g/mol. The first kappa shape index (κ1) is 19.5. The summed E-state index contributed by atoms with van der Waals surface area (Å²) in [4.78, 5) is 35.0.